The van der Waals surface area contributed by atoms with Crippen molar-refractivity contribution in [3.05, 3.63) is 101 Å². The topological polar surface area (TPSA) is 101 Å². The van der Waals surface area contributed by atoms with Gasteiger partial charge in [0, 0.05) is 48.8 Å². The number of hydrogen-bond donors (Lipinski definition) is 1. The molecule has 8 nitrogen and oxygen atoms in total. The number of rotatable bonds is 7. The monoisotopic (exact) mass is 625 g/mol. The summed E-state index contributed by atoms with van der Waals surface area (Å²) in [4.78, 5) is 18.0. The van der Waals surface area contributed by atoms with Gasteiger partial charge in [0.05, 0.1) is 30.3 Å². The number of aryl methyl sites for hydroxylation is 1. The maximum absolute atomic E-state index is 13.7. The zero-order valence-electron chi connectivity index (χ0n) is 25.3. The second-order valence-corrected chi connectivity index (χ2v) is 13.0. The molecule has 1 unspecified atom stereocenters. The Morgan fingerprint density at radius 2 is 1.73 bits per heavy atom. The molecule has 0 radical (unpaired) electrons. The molecule has 5 aromatic rings. The van der Waals surface area contributed by atoms with Crippen LogP contribution < -0.4 is 14.4 Å². The van der Waals surface area contributed by atoms with Crippen LogP contribution in [0.1, 0.15) is 33.8 Å². The molecule has 0 saturated heterocycles. The summed E-state index contributed by atoms with van der Waals surface area (Å²) in [5.41, 5.74) is 5.90. The fourth-order valence-electron chi connectivity index (χ4n) is 5.70. The molecule has 10 heteroatoms. The van der Waals surface area contributed by atoms with Crippen molar-refractivity contribution in [2.45, 2.75) is 18.8 Å². The Morgan fingerprint density at radius 1 is 1.02 bits per heavy atom. The average Bonchev–Trinajstić information content (AvgIpc) is 3.28. The van der Waals surface area contributed by atoms with Crippen LogP contribution in [-0.4, -0.2) is 48.0 Å². The van der Waals surface area contributed by atoms with Crippen LogP contribution in [-0.2, 0) is 16.4 Å². The number of sulfonamides is 1. The van der Waals surface area contributed by atoms with Gasteiger partial charge in [0.1, 0.15) is 22.9 Å². The normalized spacial score (nSPS) is 14.6. The molecule has 0 bridgehead atoms. The number of ether oxygens (including phenoxy) is 1. The van der Waals surface area contributed by atoms with E-state index in [1.165, 1.54) is 42.7 Å². The third kappa shape index (κ3) is 5.81. The number of halogens is 1. The zero-order chi connectivity index (χ0) is 31.9. The fourth-order valence-corrected chi connectivity index (χ4v) is 6.20. The lowest BCUT2D eigenvalue weighted by Gasteiger charge is -2.21. The molecule has 4 aromatic carbocycles. The van der Waals surface area contributed by atoms with Crippen molar-refractivity contribution in [1.29, 1.82) is 0 Å². The van der Waals surface area contributed by atoms with E-state index in [9.17, 15) is 17.6 Å². The summed E-state index contributed by atoms with van der Waals surface area (Å²) in [6.07, 6.45) is 4.70. The Morgan fingerprint density at radius 3 is 2.40 bits per heavy atom. The molecule has 1 amide bonds. The van der Waals surface area contributed by atoms with E-state index in [2.05, 4.69) is 17.4 Å². The van der Waals surface area contributed by atoms with Crippen LogP contribution in [0.5, 0.6) is 5.75 Å². The van der Waals surface area contributed by atoms with Crippen molar-refractivity contribution in [3.63, 3.8) is 0 Å². The molecule has 0 fully saturated rings. The van der Waals surface area contributed by atoms with Crippen LogP contribution in [0.4, 0.5) is 15.8 Å². The number of nitrogens with zero attached hydrogens (tertiary/aromatic N) is 2. The summed E-state index contributed by atoms with van der Waals surface area (Å²) in [6, 6.07) is 22.9. The van der Waals surface area contributed by atoms with Crippen molar-refractivity contribution in [2.75, 3.05) is 31.8 Å². The molecular formula is C35H32FN3O5S. The van der Waals surface area contributed by atoms with Gasteiger partial charge in [0.25, 0.3) is 5.91 Å². The van der Waals surface area contributed by atoms with E-state index in [-0.39, 0.29) is 23.1 Å². The molecule has 1 atom stereocenters. The first-order valence-electron chi connectivity index (χ1n) is 14.4. The quantitative estimate of drug-likeness (QED) is 0.208. The summed E-state index contributed by atoms with van der Waals surface area (Å²) in [7, 11) is 0.983. The summed E-state index contributed by atoms with van der Waals surface area (Å²) in [5, 5.41) is 3.17. The highest BCUT2D eigenvalue weighted by Crippen LogP contribution is 2.42. The minimum Gasteiger partial charge on any atom is -0.497 e. The van der Waals surface area contributed by atoms with Gasteiger partial charge >= 0.3 is 0 Å². The van der Waals surface area contributed by atoms with Gasteiger partial charge in [-0.2, -0.15) is 0 Å². The number of amides is 1. The molecule has 1 aliphatic heterocycles. The van der Waals surface area contributed by atoms with Crippen molar-refractivity contribution >= 4 is 44.5 Å². The second-order valence-electron chi connectivity index (χ2n) is 11.0. The van der Waals surface area contributed by atoms with Crippen molar-refractivity contribution in [1.82, 2.24) is 5.32 Å². The predicted molar refractivity (Wildman–Crippen MR) is 176 cm³/mol. The Hall–Kier alpha value is -4.96. The Kier molecular flexibility index (Phi) is 7.92. The number of benzene rings is 4. The number of carbonyl (C=O) groups is 1. The predicted octanol–water partition coefficient (Wildman–Crippen LogP) is 7.10. The third-order valence-electron chi connectivity index (χ3n) is 8.26. The molecule has 1 aromatic heterocycles. The van der Waals surface area contributed by atoms with Gasteiger partial charge in [-0.05, 0) is 84.1 Å². The van der Waals surface area contributed by atoms with E-state index in [4.69, 9.17) is 14.1 Å². The number of fused-ring (bicyclic) bond motifs is 2. The largest absolute Gasteiger partial charge is 0.497 e. The maximum atomic E-state index is 13.7. The summed E-state index contributed by atoms with van der Waals surface area (Å²) in [5.74, 6) is 0.380. The maximum Gasteiger partial charge on any atom is 0.255 e. The number of anilines is 1. The molecule has 6 rings (SSSR count). The Balaban J connectivity index is 1.48. The Bertz CT molecular complexity index is 2050. The minimum absolute atomic E-state index is 0.126. The van der Waals surface area contributed by atoms with Crippen molar-refractivity contribution < 1.29 is 26.8 Å². The number of carbonyl (C=O) groups excluding carboxylic acids is 1. The average molecular weight is 626 g/mol. The van der Waals surface area contributed by atoms with Gasteiger partial charge in [-0.25, -0.2) is 12.8 Å². The van der Waals surface area contributed by atoms with E-state index < -0.39 is 15.8 Å². The first kappa shape index (κ1) is 30.1. The number of hydrogen-bond acceptors (Lipinski definition) is 6. The number of nitrogens with one attached hydrogen (secondary N) is 1. The first-order valence-corrected chi connectivity index (χ1v) is 16.3. The van der Waals surface area contributed by atoms with Crippen LogP contribution in [0.15, 0.2) is 88.3 Å². The van der Waals surface area contributed by atoms with Crippen LogP contribution in [0.2, 0.25) is 0 Å². The molecule has 0 saturated carbocycles. The lowest BCUT2D eigenvalue weighted by Crippen LogP contribution is -2.25. The van der Waals surface area contributed by atoms with E-state index in [0.717, 1.165) is 47.2 Å². The molecule has 2 heterocycles. The first-order chi connectivity index (χ1) is 21.6. The van der Waals surface area contributed by atoms with Crippen LogP contribution in [0.3, 0.4) is 0 Å². The van der Waals surface area contributed by atoms with Gasteiger partial charge in [0.15, 0.2) is 0 Å². The highest BCUT2D eigenvalue weighted by atomic mass is 32.2. The molecule has 0 aliphatic carbocycles. The van der Waals surface area contributed by atoms with Gasteiger partial charge < -0.3 is 14.5 Å². The van der Waals surface area contributed by atoms with Crippen molar-refractivity contribution in [3.8, 4) is 28.2 Å². The second kappa shape index (κ2) is 11.9. The third-order valence-corrected chi connectivity index (χ3v) is 9.45. The number of furan rings is 1. The van der Waals surface area contributed by atoms with E-state index in [0.29, 0.717) is 27.8 Å². The lowest BCUT2D eigenvalue weighted by molar-refractivity contribution is 0.0964. The molecule has 230 valence electrons. The summed E-state index contributed by atoms with van der Waals surface area (Å²) >= 11 is 0. The standard InChI is InChI=1S/C35H32FN3O5S/c1-37-35(40)33-29-18-28(31(39(2)45(4,41)42)19-32(29)44-34(33)22-7-12-26(36)13-8-22)23-11-16-30-24(17-23)5-6-25(20-38-30)21-9-14-27(43-3)15-10-21/h7-20,25H,5-6H2,1-4H3,(H,37,40). The molecule has 45 heavy (non-hydrogen) atoms. The highest BCUT2D eigenvalue weighted by Gasteiger charge is 2.26. The fraction of sp³-hybridized carbons (Fsp3) is 0.200. The summed E-state index contributed by atoms with van der Waals surface area (Å²) < 4.78 is 52.0. The zero-order valence-corrected chi connectivity index (χ0v) is 26.1. The molecule has 1 N–H and O–H groups in total. The van der Waals surface area contributed by atoms with Gasteiger partial charge in [0.2, 0.25) is 10.0 Å². The number of methoxy groups -OCH3 is 1. The smallest absolute Gasteiger partial charge is 0.255 e. The molecule has 1 aliphatic rings. The number of aliphatic imine (C=N–C) groups is 1. The van der Waals surface area contributed by atoms with E-state index >= 15 is 0 Å². The van der Waals surface area contributed by atoms with E-state index in [1.54, 1.807) is 19.2 Å². The molecule has 0 spiro atoms. The van der Waals surface area contributed by atoms with E-state index in [1.807, 2.05) is 36.5 Å². The SMILES string of the molecule is CNC(=O)c1c(-c2ccc(F)cc2)oc2cc(N(C)S(C)(=O)=O)c(-c3ccc4c(c3)CCC(c3ccc(OC)cc3)C=N4)cc12. The van der Waals surface area contributed by atoms with Gasteiger partial charge in [-0.15, -0.1) is 0 Å². The van der Waals surface area contributed by atoms with Gasteiger partial charge in [-0.1, -0.05) is 18.2 Å². The van der Waals surface area contributed by atoms with Gasteiger partial charge in [-0.3, -0.25) is 14.1 Å². The van der Waals surface area contributed by atoms with Crippen LogP contribution >= 0.6 is 0 Å². The highest BCUT2D eigenvalue weighted by molar-refractivity contribution is 7.92. The van der Waals surface area contributed by atoms with Crippen molar-refractivity contribution in [2.24, 2.45) is 4.99 Å². The lowest BCUT2D eigenvalue weighted by atomic mass is 9.92. The minimum atomic E-state index is -3.66. The van der Waals surface area contributed by atoms with Crippen LogP contribution in [0.25, 0.3) is 33.4 Å². The summed E-state index contributed by atoms with van der Waals surface area (Å²) in [6.45, 7) is 0. The Labute approximate surface area is 261 Å². The molecular weight excluding hydrogens is 593 g/mol. The van der Waals surface area contributed by atoms with Crippen LogP contribution in [0, 0.1) is 5.82 Å².